The third kappa shape index (κ3) is 6.56. The van der Waals surface area contributed by atoms with Crippen molar-refractivity contribution in [2.24, 2.45) is 40.9 Å². The zero-order valence-corrected chi connectivity index (χ0v) is 22.0. The quantitative estimate of drug-likeness (QED) is 0.413. The van der Waals surface area contributed by atoms with E-state index >= 15 is 0 Å². The summed E-state index contributed by atoms with van der Waals surface area (Å²) in [5.74, 6) is 1.60. The summed E-state index contributed by atoms with van der Waals surface area (Å²) in [6.07, 6.45) is 6.10. The first-order valence-corrected chi connectivity index (χ1v) is 14.0. The monoisotopic (exact) mass is 444 g/mol. The van der Waals surface area contributed by atoms with Gasteiger partial charge in [0.1, 0.15) is 0 Å². The largest absolute Gasteiger partial charge is 0.380 e. The molecular weight excluding hydrogens is 395 g/mol. The Morgan fingerprint density at radius 2 is 1.17 bits per heavy atom. The Balaban J connectivity index is 2.34. The highest BCUT2D eigenvalue weighted by Gasteiger charge is 2.49. The molecule has 2 aliphatic rings. The second-order valence-corrected chi connectivity index (χ2v) is 14.2. The lowest BCUT2D eigenvalue weighted by Crippen LogP contribution is -2.39. The lowest BCUT2D eigenvalue weighted by atomic mass is 9.75. The molecular formula is C25H49O4P. The van der Waals surface area contributed by atoms with Crippen molar-refractivity contribution in [3.8, 4) is 0 Å². The zero-order valence-electron chi connectivity index (χ0n) is 21.1. The average Bonchev–Trinajstić information content (AvgIpc) is 2.59. The van der Waals surface area contributed by atoms with Gasteiger partial charge in [-0.1, -0.05) is 75.2 Å². The first-order chi connectivity index (χ1) is 13.7. The van der Waals surface area contributed by atoms with Crippen LogP contribution in [0.1, 0.15) is 101 Å². The van der Waals surface area contributed by atoms with E-state index in [1.54, 1.807) is 0 Å². The summed E-state index contributed by atoms with van der Waals surface area (Å²) in [5.41, 5.74) is -0.573. The summed E-state index contributed by atoms with van der Waals surface area (Å²) in [6.45, 7) is 19.1. The van der Waals surface area contributed by atoms with Crippen molar-refractivity contribution in [3.63, 3.8) is 0 Å². The molecule has 1 N–H and O–H groups in total. The maximum absolute atomic E-state index is 14.4. The number of aliphatic hydroxyl groups excluding tert-OH is 1. The first-order valence-electron chi connectivity index (χ1n) is 12.4. The average molecular weight is 445 g/mol. The van der Waals surface area contributed by atoms with Gasteiger partial charge < -0.3 is 14.2 Å². The Kier molecular flexibility index (Phi) is 9.11. The van der Waals surface area contributed by atoms with Gasteiger partial charge in [0.05, 0.1) is 12.2 Å². The predicted molar refractivity (Wildman–Crippen MR) is 126 cm³/mol. The highest BCUT2D eigenvalue weighted by molar-refractivity contribution is 7.54. The molecule has 0 bridgehead atoms. The normalized spacial score (nSPS) is 36.7. The second kappa shape index (κ2) is 10.4. The summed E-state index contributed by atoms with van der Waals surface area (Å²) in [5, 5.41) is 11.2. The third-order valence-corrected chi connectivity index (χ3v) is 10.1. The van der Waals surface area contributed by atoms with Crippen molar-refractivity contribution in [3.05, 3.63) is 0 Å². The van der Waals surface area contributed by atoms with E-state index < -0.39 is 18.9 Å². The van der Waals surface area contributed by atoms with Gasteiger partial charge in [-0.3, -0.25) is 4.57 Å². The fraction of sp³-hybridized carbons (Fsp3) is 1.00. The number of aliphatic hydroxyl groups is 1. The maximum Gasteiger partial charge on any atom is 0.359 e. The van der Waals surface area contributed by atoms with E-state index in [2.05, 4.69) is 41.5 Å². The van der Waals surface area contributed by atoms with E-state index in [4.69, 9.17) is 9.05 Å². The van der Waals surface area contributed by atoms with Crippen LogP contribution in [0.2, 0.25) is 0 Å². The van der Waals surface area contributed by atoms with E-state index in [0.717, 1.165) is 25.7 Å². The molecule has 8 atom stereocenters. The molecule has 1 unspecified atom stereocenters. The fourth-order valence-corrected chi connectivity index (χ4v) is 7.93. The molecule has 0 saturated heterocycles. The molecule has 0 heterocycles. The number of rotatable bonds is 7. The lowest BCUT2D eigenvalue weighted by Gasteiger charge is -2.44. The minimum Gasteiger partial charge on any atom is -0.380 e. The van der Waals surface area contributed by atoms with Gasteiger partial charge in [-0.05, 0) is 66.6 Å². The van der Waals surface area contributed by atoms with E-state index in [-0.39, 0.29) is 12.2 Å². The summed E-state index contributed by atoms with van der Waals surface area (Å²) in [7, 11) is -3.72. The fourth-order valence-electron chi connectivity index (χ4n) is 5.46. The molecule has 0 aromatic heterocycles. The number of hydrogen-bond acceptors (Lipinski definition) is 4. The topological polar surface area (TPSA) is 55.8 Å². The molecule has 0 aliphatic heterocycles. The molecule has 0 aromatic carbocycles. The highest BCUT2D eigenvalue weighted by Crippen LogP contribution is 2.62. The van der Waals surface area contributed by atoms with Crippen LogP contribution in [-0.4, -0.2) is 23.2 Å². The minimum atomic E-state index is -3.72. The molecule has 0 amide bonds. The molecule has 5 heteroatoms. The van der Waals surface area contributed by atoms with Crippen molar-refractivity contribution in [1.29, 1.82) is 0 Å². The predicted octanol–water partition coefficient (Wildman–Crippen LogP) is 7.50. The molecule has 2 rings (SSSR count). The van der Waals surface area contributed by atoms with Gasteiger partial charge in [-0.15, -0.1) is 0 Å². The van der Waals surface area contributed by atoms with Gasteiger partial charge in [0.2, 0.25) is 0 Å². The van der Waals surface area contributed by atoms with Gasteiger partial charge in [-0.25, -0.2) is 0 Å². The standard InChI is InChI=1S/C25H49O4P/c1-16(2)20-12-10-18(5)14-22(20)28-30(27,24(26)25(7,8)9)29-23-15-19(6)11-13-21(23)17(3)4/h16-24,26H,10-15H2,1-9H3/t18-,19-,20-,21+,22+,23+,24-,30?/m0/s1. The zero-order chi connectivity index (χ0) is 22.9. The van der Waals surface area contributed by atoms with Gasteiger partial charge >= 0.3 is 7.60 Å². The molecule has 0 radical (unpaired) electrons. The van der Waals surface area contributed by atoms with Gasteiger partial charge in [0.15, 0.2) is 5.85 Å². The molecule has 178 valence electrons. The third-order valence-electron chi connectivity index (χ3n) is 7.56. The Hall–Kier alpha value is 0.110. The lowest BCUT2D eigenvalue weighted by molar-refractivity contribution is -0.0251. The van der Waals surface area contributed by atoms with Crippen LogP contribution < -0.4 is 0 Å². The Bertz CT molecular complexity index is 544. The smallest absolute Gasteiger partial charge is 0.359 e. The summed E-state index contributed by atoms with van der Waals surface area (Å²) in [6, 6.07) is 0. The van der Waals surface area contributed by atoms with Crippen LogP contribution in [-0.2, 0) is 13.6 Å². The second-order valence-electron chi connectivity index (χ2n) is 12.2. The Morgan fingerprint density at radius 1 is 0.800 bits per heavy atom. The van der Waals surface area contributed by atoms with Gasteiger partial charge in [0.25, 0.3) is 0 Å². The molecule has 4 nitrogen and oxygen atoms in total. The molecule has 30 heavy (non-hydrogen) atoms. The van der Waals surface area contributed by atoms with E-state index in [9.17, 15) is 9.67 Å². The van der Waals surface area contributed by atoms with Crippen molar-refractivity contribution in [2.75, 3.05) is 0 Å². The van der Waals surface area contributed by atoms with Crippen LogP contribution in [0.4, 0.5) is 0 Å². The van der Waals surface area contributed by atoms with Gasteiger partial charge in [0, 0.05) is 0 Å². The summed E-state index contributed by atoms with van der Waals surface area (Å²) < 4.78 is 27.3. The van der Waals surface area contributed by atoms with Crippen molar-refractivity contribution < 1.29 is 18.7 Å². The van der Waals surface area contributed by atoms with Crippen molar-refractivity contribution in [2.45, 2.75) is 119 Å². The van der Waals surface area contributed by atoms with Crippen LogP contribution in [0.5, 0.6) is 0 Å². The van der Waals surface area contributed by atoms with Crippen LogP contribution in [0.25, 0.3) is 0 Å². The van der Waals surface area contributed by atoms with E-state index in [1.807, 2.05) is 20.8 Å². The highest BCUT2D eigenvalue weighted by atomic mass is 31.2. The van der Waals surface area contributed by atoms with Crippen LogP contribution in [0, 0.1) is 40.9 Å². The van der Waals surface area contributed by atoms with Gasteiger partial charge in [-0.2, -0.15) is 0 Å². The van der Waals surface area contributed by atoms with Crippen molar-refractivity contribution in [1.82, 2.24) is 0 Å². The Labute approximate surface area is 186 Å². The summed E-state index contributed by atoms with van der Waals surface area (Å²) in [4.78, 5) is 0. The van der Waals surface area contributed by atoms with Crippen LogP contribution >= 0.6 is 7.60 Å². The van der Waals surface area contributed by atoms with Crippen LogP contribution in [0.3, 0.4) is 0 Å². The van der Waals surface area contributed by atoms with Crippen LogP contribution in [0.15, 0.2) is 0 Å². The SMILES string of the molecule is CC(C)[C@H]1CC[C@H](C)C[C@H]1OP(=O)(O[C@@H]1C[C@@H](C)CC[C@H]1C(C)C)[C@H](O)C(C)(C)C. The summed E-state index contributed by atoms with van der Waals surface area (Å²) >= 11 is 0. The first kappa shape index (κ1) is 26.4. The maximum atomic E-state index is 14.4. The molecule has 2 saturated carbocycles. The minimum absolute atomic E-state index is 0.116. The molecule has 0 spiro atoms. The molecule has 2 fully saturated rings. The molecule has 2 aliphatic carbocycles. The Morgan fingerprint density at radius 3 is 1.47 bits per heavy atom. The molecule has 0 aromatic rings. The van der Waals surface area contributed by atoms with E-state index in [1.165, 1.54) is 12.8 Å². The number of hydrogen-bond donors (Lipinski definition) is 1. The van der Waals surface area contributed by atoms with E-state index in [0.29, 0.717) is 35.5 Å². The van der Waals surface area contributed by atoms with Crippen molar-refractivity contribution >= 4 is 7.60 Å².